The zero-order chi connectivity index (χ0) is 14.6. The Labute approximate surface area is 114 Å². The van der Waals surface area contributed by atoms with Gasteiger partial charge in [-0.15, -0.1) is 6.42 Å². The minimum atomic E-state index is -0.929. The summed E-state index contributed by atoms with van der Waals surface area (Å²) in [7, 11) is 0. The van der Waals surface area contributed by atoms with Crippen molar-refractivity contribution in [1.82, 2.24) is 10.2 Å². The number of carbonyl (C=O) groups excluding carboxylic acids is 1. The summed E-state index contributed by atoms with van der Waals surface area (Å²) in [6, 6.07) is -0.0981. The molecule has 0 bridgehead atoms. The van der Waals surface area contributed by atoms with Crippen LogP contribution < -0.4 is 5.32 Å². The fourth-order valence-electron chi connectivity index (χ4n) is 2.70. The van der Waals surface area contributed by atoms with Crippen LogP contribution in [-0.4, -0.2) is 40.1 Å². The summed E-state index contributed by atoms with van der Waals surface area (Å²) in [6.45, 7) is 5.83. The molecule has 106 valence electrons. The van der Waals surface area contributed by atoms with Gasteiger partial charge in [-0.05, 0) is 40.0 Å². The highest BCUT2D eigenvalue weighted by molar-refractivity contribution is 5.79. The molecule has 5 heteroatoms. The highest BCUT2D eigenvalue weighted by Gasteiger charge is 2.39. The first-order valence-electron chi connectivity index (χ1n) is 6.50. The number of rotatable bonds is 3. The maximum atomic E-state index is 11.8. The first-order valence-corrected chi connectivity index (χ1v) is 6.50. The summed E-state index contributed by atoms with van der Waals surface area (Å²) in [5, 5.41) is 12.0. The second kappa shape index (κ2) is 5.96. The Morgan fingerprint density at radius 1 is 1.42 bits per heavy atom. The van der Waals surface area contributed by atoms with Crippen molar-refractivity contribution in [2.75, 3.05) is 6.54 Å². The van der Waals surface area contributed by atoms with E-state index in [1.165, 1.54) is 4.90 Å². The minimum Gasteiger partial charge on any atom is -0.465 e. The van der Waals surface area contributed by atoms with Gasteiger partial charge in [0.2, 0.25) is 5.91 Å². The molecule has 2 atom stereocenters. The highest BCUT2D eigenvalue weighted by Crippen LogP contribution is 2.33. The standard InChI is InChI=1S/C14H22N2O3/c1-5-8-15-12(17)10-6-7-11(9-10)16(13(18)19)14(2,3)4/h1,10-11H,6-9H2,2-4H3,(H,15,17)(H,18,19)/t10-,11+/m0/s1. The zero-order valence-electron chi connectivity index (χ0n) is 11.8. The predicted molar refractivity (Wildman–Crippen MR) is 72.6 cm³/mol. The molecule has 1 saturated carbocycles. The molecule has 5 nitrogen and oxygen atoms in total. The Balaban J connectivity index is 2.67. The van der Waals surface area contributed by atoms with E-state index in [1.54, 1.807) is 0 Å². The molecule has 0 radical (unpaired) electrons. The number of hydrogen-bond donors (Lipinski definition) is 2. The van der Waals surface area contributed by atoms with Crippen LogP contribution in [0, 0.1) is 18.3 Å². The van der Waals surface area contributed by atoms with Crippen LogP contribution in [0.1, 0.15) is 40.0 Å². The Hall–Kier alpha value is -1.70. The van der Waals surface area contributed by atoms with Gasteiger partial charge in [-0.3, -0.25) is 4.79 Å². The lowest BCUT2D eigenvalue weighted by Crippen LogP contribution is -2.50. The number of hydrogen-bond acceptors (Lipinski definition) is 2. The molecule has 0 saturated heterocycles. The quantitative estimate of drug-likeness (QED) is 0.764. The Morgan fingerprint density at radius 3 is 2.53 bits per heavy atom. The van der Waals surface area contributed by atoms with Crippen molar-refractivity contribution in [2.45, 2.75) is 51.6 Å². The summed E-state index contributed by atoms with van der Waals surface area (Å²) in [5.74, 6) is 2.16. The van der Waals surface area contributed by atoms with E-state index in [9.17, 15) is 14.7 Å². The molecule has 0 aliphatic heterocycles. The smallest absolute Gasteiger partial charge is 0.407 e. The van der Waals surface area contributed by atoms with E-state index in [0.717, 1.165) is 6.42 Å². The lowest BCUT2D eigenvalue weighted by molar-refractivity contribution is -0.124. The molecular weight excluding hydrogens is 244 g/mol. The molecular formula is C14H22N2O3. The molecule has 2 N–H and O–H groups in total. The Bertz CT molecular complexity index is 392. The number of carbonyl (C=O) groups is 2. The molecule has 1 aliphatic rings. The van der Waals surface area contributed by atoms with Gasteiger partial charge >= 0.3 is 6.09 Å². The third kappa shape index (κ3) is 3.88. The van der Waals surface area contributed by atoms with Crippen LogP contribution in [-0.2, 0) is 4.79 Å². The summed E-state index contributed by atoms with van der Waals surface area (Å²) >= 11 is 0. The molecule has 1 rings (SSSR count). The zero-order valence-corrected chi connectivity index (χ0v) is 11.8. The number of terminal acetylenes is 1. The highest BCUT2D eigenvalue weighted by atomic mass is 16.4. The lowest BCUT2D eigenvalue weighted by atomic mass is 10.0. The van der Waals surface area contributed by atoms with E-state index >= 15 is 0 Å². The molecule has 0 heterocycles. The van der Waals surface area contributed by atoms with Crippen LogP contribution in [0.15, 0.2) is 0 Å². The Morgan fingerprint density at radius 2 is 2.05 bits per heavy atom. The normalized spacial score (nSPS) is 22.6. The fourth-order valence-corrected chi connectivity index (χ4v) is 2.70. The summed E-state index contributed by atoms with van der Waals surface area (Å²) in [4.78, 5) is 24.7. The van der Waals surface area contributed by atoms with E-state index < -0.39 is 11.6 Å². The third-order valence-corrected chi connectivity index (χ3v) is 3.43. The van der Waals surface area contributed by atoms with Gasteiger partial charge in [0.1, 0.15) is 0 Å². The van der Waals surface area contributed by atoms with Crippen LogP contribution in [0.25, 0.3) is 0 Å². The molecule has 0 spiro atoms. The molecule has 0 aromatic heterocycles. The van der Waals surface area contributed by atoms with Crippen molar-refractivity contribution in [2.24, 2.45) is 5.92 Å². The van der Waals surface area contributed by atoms with Gasteiger partial charge < -0.3 is 15.3 Å². The second-order valence-corrected chi connectivity index (χ2v) is 5.91. The first-order chi connectivity index (χ1) is 8.77. The van der Waals surface area contributed by atoms with Gasteiger partial charge in [-0.25, -0.2) is 4.79 Å². The van der Waals surface area contributed by atoms with Crippen LogP contribution in [0.2, 0.25) is 0 Å². The van der Waals surface area contributed by atoms with Crippen molar-refractivity contribution in [3.63, 3.8) is 0 Å². The number of carboxylic acid groups (broad SMARTS) is 1. The summed E-state index contributed by atoms with van der Waals surface area (Å²) in [6.07, 6.45) is 6.17. The van der Waals surface area contributed by atoms with Gasteiger partial charge in [-0.1, -0.05) is 5.92 Å². The van der Waals surface area contributed by atoms with Gasteiger partial charge in [0.05, 0.1) is 6.54 Å². The van der Waals surface area contributed by atoms with Crippen LogP contribution >= 0.6 is 0 Å². The van der Waals surface area contributed by atoms with Gasteiger partial charge in [-0.2, -0.15) is 0 Å². The minimum absolute atomic E-state index is 0.0697. The average molecular weight is 266 g/mol. The monoisotopic (exact) mass is 266 g/mol. The summed E-state index contributed by atoms with van der Waals surface area (Å²) < 4.78 is 0. The van der Waals surface area contributed by atoms with Crippen LogP contribution in [0.3, 0.4) is 0 Å². The molecule has 1 aliphatic carbocycles. The fraction of sp³-hybridized carbons (Fsp3) is 0.714. The molecule has 0 aromatic carbocycles. The average Bonchev–Trinajstić information content (AvgIpc) is 2.72. The van der Waals surface area contributed by atoms with Crippen LogP contribution in [0.4, 0.5) is 4.79 Å². The van der Waals surface area contributed by atoms with Crippen molar-refractivity contribution in [3.05, 3.63) is 0 Å². The molecule has 19 heavy (non-hydrogen) atoms. The second-order valence-electron chi connectivity index (χ2n) is 5.91. The van der Waals surface area contributed by atoms with Gasteiger partial charge in [0.15, 0.2) is 0 Å². The van der Waals surface area contributed by atoms with Crippen molar-refractivity contribution in [1.29, 1.82) is 0 Å². The number of amides is 2. The SMILES string of the molecule is C#CCNC(=O)[C@H]1CC[C@@H](N(C(=O)O)C(C)(C)C)C1. The maximum Gasteiger partial charge on any atom is 0.407 e. The van der Waals surface area contributed by atoms with E-state index in [0.29, 0.717) is 12.8 Å². The summed E-state index contributed by atoms with van der Waals surface area (Å²) in [5.41, 5.74) is -0.458. The molecule has 0 aromatic rings. The van der Waals surface area contributed by atoms with Crippen molar-refractivity contribution < 1.29 is 14.7 Å². The number of nitrogens with one attached hydrogen (secondary N) is 1. The topological polar surface area (TPSA) is 69.6 Å². The predicted octanol–water partition coefficient (Wildman–Crippen LogP) is 1.68. The Kier molecular flexibility index (Phi) is 4.82. The molecule has 2 amide bonds. The van der Waals surface area contributed by atoms with E-state index in [1.807, 2.05) is 20.8 Å². The van der Waals surface area contributed by atoms with Crippen molar-refractivity contribution >= 4 is 12.0 Å². The van der Waals surface area contributed by atoms with E-state index in [-0.39, 0.29) is 24.4 Å². The third-order valence-electron chi connectivity index (χ3n) is 3.43. The van der Waals surface area contributed by atoms with E-state index in [2.05, 4.69) is 11.2 Å². The van der Waals surface area contributed by atoms with Crippen molar-refractivity contribution in [3.8, 4) is 12.3 Å². The lowest BCUT2D eigenvalue weighted by Gasteiger charge is -2.38. The largest absolute Gasteiger partial charge is 0.465 e. The molecule has 0 unspecified atom stereocenters. The molecule has 1 fully saturated rings. The maximum absolute atomic E-state index is 11.8. The number of nitrogens with zero attached hydrogens (tertiary/aromatic N) is 1. The van der Waals surface area contributed by atoms with E-state index in [4.69, 9.17) is 6.42 Å². The first kappa shape index (κ1) is 15.4. The van der Waals surface area contributed by atoms with Crippen LogP contribution in [0.5, 0.6) is 0 Å². The van der Waals surface area contributed by atoms with Gasteiger partial charge in [0, 0.05) is 17.5 Å². The van der Waals surface area contributed by atoms with Gasteiger partial charge in [0.25, 0.3) is 0 Å².